The van der Waals surface area contributed by atoms with Gasteiger partial charge in [-0.1, -0.05) is 132 Å². The quantitative estimate of drug-likeness (QED) is 0.236. The van der Waals surface area contributed by atoms with Crippen molar-refractivity contribution in [1.82, 2.24) is 8.61 Å². The van der Waals surface area contributed by atoms with Crippen LogP contribution in [0.25, 0.3) is 0 Å². The normalized spacial score (nSPS) is 17.6. The van der Waals surface area contributed by atoms with E-state index in [2.05, 4.69) is 52.0 Å². The summed E-state index contributed by atoms with van der Waals surface area (Å²) in [6, 6.07) is 8.26. The van der Waals surface area contributed by atoms with Gasteiger partial charge in [0.2, 0.25) is 20.0 Å². The second-order valence-electron chi connectivity index (χ2n) is 14.6. The van der Waals surface area contributed by atoms with E-state index in [0.29, 0.717) is 9.79 Å². The molecular weight excluding hydrogens is 613 g/mol. The standard InChI is InChI=1S/C38H58N2O4S2/c1-25(2)31-21-33(27(5)6)37(34(22-31)28(7)8)45(41,42)39-17-13-15-19-40(20-16-14-18-39)46(43,44)38-35(29(9)10)23-32(26(3)4)24-36(38)30(11)12/h13-16,21-30H,17-20H2,1-12H3/b15-13-,16-14-. The van der Waals surface area contributed by atoms with Crippen LogP contribution in [0.2, 0.25) is 0 Å². The Balaban J connectivity index is 2.04. The van der Waals surface area contributed by atoms with Crippen LogP contribution in [0, 0.1) is 0 Å². The smallest absolute Gasteiger partial charge is 0.207 e. The molecule has 0 aliphatic carbocycles. The van der Waals surface area contributed by atoms with Gasteiger partial charge in [-0.3, -0.25) is 0 Å². The molecule has 1 aliphatic rings. The van der Waals surface area contributed by atoms with Crippen molar-refractivity contribution < 1.29 is 16.8 Å². The Bertz CT molecular complexity index is 1450. The topological polar surface area (TPSA) is 74.8 Å². The van der Waals surface area contributed by atoms with Gasteiger partial charge >= 0.3 is 0 Å². The second-order valence-corrected chi connectivity index (χ2v) is 18.3. The first-order chi connectivity index (χ1) is 21.3. The van der Waals surface area contributed by atoms with Gasteiger partial charge in [-0.2, -0.15) is 8.61 Å². The molecule has 0 N–H and O–H groups in total. The third kappa shape index (κ3) is 8.23. The van der Waals surface area contributed by atoms with Crippen molar-refractivity contribution in [3.05, 3.63) is 82.0 Å². The molecule has 2 aromatic rings. The fourth-order valence-electron chi connectivity index (χ4n) is 5.94. The molecule has 6 nitrogen and oxygen atoms in total. The van der Waals surface area contributed by atoms with Crippen molar-refractivity contribution in [3.8, 4) is 0 Å². The summed E-state index contributed by atoms with van der Waals surface area (Å²) < 4.78 is 60.7. The molecular formula is C38H58N2O4S2. The highest BCUT2D eigenvalue weighted by Gasteiger charge is 2.33. The molecule has 0 unspecified atom stereocenters. The van der Waals surface area contributed by atoms with E-state index in [9.17, 15) is 16.8 Å². The Morgan fingerprint density at radius 2 is 0.630 bits per heavy atom. The average molecular weight is 671 g/mol. The summed E-state index contributed by atoms with van der Waals surface area (Å²) in [5.41, 5.74) is 5.69. The van der Waals surface area contributed by atoms with Crippen LogP contribution in [0.15, 0.2) is 58.4 Å². The van der Waals surface area contributed by atoms with Gasteiger partial charge in [-0.15, -0.1) is 0 Å². The van der Waals surface area contributed by atoms with E-state index in [1.807, 2.05) is 55.4 Å². The van der Waals surface area contributed by atoms with Crippen LogP contribution in [-0.2, 0) is 20.0 Å². The summed E-state index contributed by atoms with van der Waals surface area (Å²) in [4.78, 5) is 0.828. The molecule has 0 amide bonds. The van der Waals surface area contributed by atoms with Crippen LogP contribution in [0.1, 0.15) is 152 Å². The summed E-state index contributed by atoms with van der Waals surface area (Å²) in [5.74, 6) is 0.708. The fraction of sp³-hybridized carbons (Fsp3) is 0.579. The maximum atomic E-state index is 14.4. The van der Waals surface area contributed by atoms with Crippen molar-refractivity contribution >= 4 is 20.0 Å². The Labute approximate surface area is 281 Å². The molecule has 0 fully saturated rings. The van der Waals surface area contributed by atoms with Crippen LogP contribution in [0.3, 0.4) is 0 Å². The Kier molecular flexibility index (Phi) is 12.7. The van der Waals surface area contributed by atoms with Crippen molar-refractivity contribution in [1.29, 1.82) is 0 Å². The summed E-state index contributed by atoms with van der Waals surface area (Å²) in [6.45, 7) is 25.5. The summed E-state index contributed by atoms with van der Waals surface area (Å²) in [6.07, 6.45) is 7.17. The van der Waals surface area contributed by atoms with Crippen molar-refractivity contribution in [2.75, 3.05) is 26.2 Å². The zero-order valence-corrected chi connectivity index (χ0v) is 31.9. The van der Waals surface area contributed by atoms with Crippen LogP contribution in [0.4, 0.5) is 0 Å². The lowest BCUT2D eigenvalue weighted by molar-refractivity contribution is 0.455. The number of rotatable bonds is 10. The van der Waals surface area contributed by atoms with Gasteiger partial charge in [-0.05, 0) is 68.9 Å². The van der Waals surface area contributed by atoms with Gasteiger partial charge in [0.05, 0.1) is 9.79 Å². The maximum absolute atomic E-state index is 14.4. The fourth-order valence-corrected chi connectivity index (χ4v) is 9.96. The molecule has 0 radical (unpaired) electrons. The number of sulfonamides is 2. The third-order valence-corrected chi connectivity index (χ3v) is 12.9. The first-order valence-electron chi connectivity index (χ1n) is 17.0. The number of nitrogens with zero attached hydrogens (tertiary/aromatic N) is 2. The number of benzene rings is 2. The molecule has 0 bridgehead atoms. The lowest BCUT2D eigenvalue weighted by atomic mass is 9.89. The highest BCUT2D eigenvalue weighted by molar-refractivity contribution is 7.89. The molecule has 1 aliphatic heterocycles. The van der Waals surface area contributed by atoms with Crippen LogP contribution in [0.5, 0.6) is 0 Å². The van der Waals surface area contributed by atoms with E-state index < -0.39 is 20.0 Å². The van der Waals surface area contributed by atoms with Crippen molar-refractivity contribution in [3.63, 3.8) is 0 Å². The van der Waals surface area contributed by atoms with E-state index in [-0.39, 0.29) is 61.7 Å². The van der Waals surface area contributed by atoms with Gasteiger partial charge in [0.1, 0.15) is 0 Å². The van der Waals surface area contributed by atoms with Crippen LogP contribution >= 0.6 is 0 Å². The molecule has 0 aromatic heterocycles. The molecule has 1 heterocycles. The van der Waals surface area contributed by atoms with Crippen LogP contribution < -0.4 is 0 Å². The molecule has 256 valence electrons. The average Bonchev–Trinajstić information content (AvgIpc) is 2.97. The van der Waals surface area contributed by atoms with Crippen molar-refractivity contribution in [2.24, 2.45) is 0 Å². The zero-order valence-electron chi connectivity index (χ0n) is 30.3. The minimum Gasteiger partial charge on any atom is -0.207 e. The lowest BCUT2D eigenvalue weighted by Gasteiger charge is -2.28. The van der Waals surface area contributed by atoms with Gasteiger partial charge in [0.25, 0.3) is 0 Å². The van der Waals surface area contributed by atoms with Crippen LogP contribution in [-0.4, -0.2) is 51.6 Å². The van der Waals surface area contributed by atoms with E-state index in [1.54, 1.807) is 24.3 Å². The monoisotopic (exact) mass is 670 g/mol. The first kappa shape index (κ1) is 38.2. The minimum absolute atomic E-state index is 0.0348. The predicted octanol–water partition coefficient (Wildman–Crippen LogP) is 9.23. The molecule has 2 aromatic carbocycles. The molecule has 0 saturated carbocycles. The molecule has 8 heteroatoms. The molecule has 3 rings (SSSR count). The highest BCUT2D eigenvalue weighted by Crippen LogP contribution is 2.38. The molecule has 0 saturated heterocycles. The third-order valence-electron chi connectivity index (χ3n) is 8.92. The Hall–Kier alpha value is -2.26. The first-order valence-corrected chi connectivity index (χ1v) is 19.9. The van der Waals surface area contributed by atoms with Gasteiger partial charge in [0, 0.05) is 26.2 Å². The van der Waals surface area contributed by atoms with E-state index >= 15 is 0 Å². The summed E-state index contributed by atoms with van der Waals surface area (Å²) in [5, 5.41) is 0. The van der Waals surface area contributed by atoms with E-state index in [4.69, 9.17) is 0 Å². The predicted molar refractivity (Wildman–Crippen MR) is 193 cm³/mol. The Morgan fingerprint density at radius 1 is 0.413 bits per heavy atom. The molecule has 0 spiro atoms. The number of hydrogen-bond donors (Lipinski definition) is 0. The van der Waals surface area contributed by atoms with Gasteiger partial charge < -0.3 is 0 Å². The highest BCUT2D eigenvalue weighted by atomic mass is 32.2. The summed E-state index contributed by atoms with van der Waals surface area (Å²) in [7, 11) is -7.70. The second kappa shape index (κ2) is 15.3. The summed E-state index contributed by atoms with van der Waals surface area (Å²) >= 11 is 0. The van der Waals surface area contributed by atoms with Crippen molar-refractivity contribution in [2.45, 2.75) is 128 Å². The SMILES string of the molecule is CC(C)c1cc(C(C)C)c(S(=O)(=O)N2C/C=C\CN(S(=O)(=O)c3c(C(C)C)cc(C(C)C)cc3C(C)C)C/C=C\C2)c(C(C)C)c1. The van der Waals surface area contributed by atoms with E-state index in [1.165, 1.54) is 8.61 Å². The molecule has 46 heavy (non-hydrogen) atoms. The van der Waals surface area contributed by atoms with E-state index in [0.717, 1.165) is 33.4 Å². The minimum atomic E-state index is -3.85. The zero-order chi connectivity index (χ0) is 34.7. The molecule has 0 atom stereocenters. The lowest BCUT2D eigenvalue weighted by Crippen LogP contribution is -2.36. The maximum Gasteiger partial charge on any atom is 0.244 e. The Morgan fingerprint density at radius 3 is 0.804 bits per heavy atom. The largest absolute Gasteiger partial charge is 0.244 e. The van der Waals surface area contributed by atoms with Gasteiger partial charge in [-0.25, -0.2) is 16.8 Å². The number of hydrogen-bond acceptors (Lipinski definition) is 4. The van der Waals surface area contributed by atoms with Gasteiger partial charge in [0.15, 0.2) is 0 Å².